The summed E-state index contributed by atoms with van der Waals surface area (Å²) in [5.74, 6) is -0.673. The predicted octanol–water partition coefficient (Wildman–Crippen LogP) is 3.64. The number of alkyl halides is 3. The maximum atomic E-state index is 12.8. The third-order valence-corrected chi connectivity index (χ3v) is 3.88. The molecule has 0 fully saturated rings. The van der Waals surface area contributed by atoms with E-state index in [1.54, 1.807) is 24.3 Å². The Bertz CT molecular complexity index is 1010. The van der Waals surface area contributed by atoms with Crippen molar-refractivity contribution >= 4 is 34.2 Å². The van der Waals surface area contributed by atoms with Crippen LogP contribution >= 0.6 is 11.6 Å². The van der Waals surface area contributed by atoms with Crippen molar-refractivity contribution < 1.29 is 18.0 Å². The second-order valence-corrected chi connectivity index (χ2v) is 5.68. The zero-order chi connectivity index (χ0) is 18.2. The van der Waals surface area contributed by atoms with Gasteiger partial charge in [0.15, 0.2) is 0 Å². The van der Waals surface area contributed by atoms with Gasteiger partial charge in [-0.1, -0.05) is 23.7 Å². The Morgan fingerprint density at radius 3 is 2.64 bits per heavy atom. The molecule has 3 aromatic rings. The molecule has 0 radical (unpaired) electrons. The van der Waals surface area contributed by atoms with Crippen molar-refractivity contribution in [2.45, 2.75) is 12.7 Å². The number of carbonyl (C=O) groups excluding carboxylic acids is 1. The van der Waals surface area contributed by atoms with Crippen LogP contribution in [0.2, 0.25) is 5.02 Å². The lowest BCUT2D eigenvalue weighted by Gasteiger charge is -2.12. The fourth-order valence-corrected chi connectivity index (χ4v) is 2.56. The topological polar surface area (TPSA) is 66.9 Å². The lowest BCUT2D eigenvalue weighted by atomic mass is 10.2. The molecule has 2 N–H and O–H groups in total. The van der Waals surface area contributed by atoms with E-state index in [9.17, 15) is 22.8 Å². The van der Waals surface area contributed by atoms with E-state index in [-0.39, 0.29) is 17.3 Å². The van der Waals surface area contributed by atoms with E-state index in [2.05, 4.69) is 10.3 Å². The molecule has 0 aliphatic carbocycles. The largest absolute Gasteiger partial charge is 0.416 e. The smallest absolute Gasteiger partial charge is 0.323 e. The van der Waals surface area contributed by atoms with E-state index in [4.69, 9.17) is 11.6 Å². The maximum Gasteiger partial charge on any atom is 0.416 e. The number of nitrogens with zero attached hydrogens (tertiary/aromatic N) is 1. The fraction of sp³-hybridized carbons (Fsp3) is 0.125. The highest BCUT2D eigenvalue weighted by atomic mass is 35.5. The number of aromatic amines is 1. The lowest BCUT2D eigenvalue weighted by Crippen LogP contribution is -2.26. The minimum absolute atomic E-state index is 0.0346. The Kier molecular flexibility index (Phi) is 4.30. The highest BCUT2D eigenvalue weighted by Gasteiger charge is 2.31. The average Bonchev–Trinajstić information content (AvgIpc) is 2.84. The zero-order valence-corrected chi connectivity index (χ0v) is 13.3. The summed E-state index contributed by atoms with van der Waals surface area (Å²) in [5, 5.41) is 2.27. The minimum Gasteiger partial charge on any atom is -0.323 e. The highest BCUT2D eigenvalue weighted by Crippen LogP contribution is 2.33. The van der Waals surface area contributed by atoms with Gasteiger partial charge in [-0.25, -0.2) is 4.79 Å². The minimum atomic E-state index is -4.56. The standard InChI is InChI=1S/C16H11ClF3N3O2/c17-10-6-5-9(16(18,19)20)7-12(10)21-14(24)8-23-13-4-2-1-3-11(13)22-15(23)25/h1-7H,8H2,(H,21,24)(H,22,25). The molecular formula is C16H11ClF3N3O2. The summed E-state index contributed by atoms with van der Waals surface area (Å²) >= 11 is 5.84. The summed E-state index contributed by atoms with van der Waals surface area (Å²) in [7, 11) is 0. The van der Waals surface area contributed by atoms with E-state index < -0.39 is 23.3 Å². The third-order valence-electron chi connectivity index (χ3n) is 3.55. The number of rotatable bonds is 3. The molecule has 0 atom stereocenters. The number of imidazole rings is 1. The van der Waals surface area contributed by atoms with Gasteiger partial charge in [0, 0.05) is 0 Å². The number of nitrogens with one attached hydrogen (secondary N) is 2. The summed E-state index contributed by atoms with van der Waals surface area (Å²) in [5.41, 5.74) is -0.535. The molecule has 0 spiro atoms. The van der Waals surface area contributed by atoms with Gasteiger partial charge in [0.05, 0.1) is 27.3 Å². The lowest BCUT2D eigenvalue weighted by molar-refractivity contribution is -0.137. The molecule has 0 saturated carbocycles. The number of benzene rings is 2. The monoisotopic (exact) mass is 369 g/mol. The van der Waals surface area contributed by atoms with E-state index in [1.165, 1.54) is 4.57 Å². The van der Waals surface area contributed by atoms with Gasteiger partial charge >= 0.3 is 11.9 Å². The van der Waals surface area contributed by atoms with Crippen LogP contribution < -0.4 is 11.0 Å². The quantitative estimate of drug-likeness (QED) is 0.740. The summed E-state index contributed by atoms with van der Waals surface area (Å²) < 4.78 is 39.5. The van der Waals surface area contributed by atoms with Gasteiger partial charge in [0.2, 0.25) is 5.91 Å². The number of H-pyrrole nitrogens is 1. The molecule has 5 nitrogen and oxygen atoms in total. The average molecular weight is 370 g/mol. The van der Waals surface area contributed by atoms with E-state index in [1.807, 2.05) is 0 Å². The molecule has 1 aromatic heterocycles. The van der Waals surface area contributed by atoms with Crippen molar-refractivity contribution in [1.82, 2.24) is 9.55 Å². The second kappa shape index (κ2) is 6.29. The zero-order valence-electron chi connectivity index (χ0n) is 12.5. The molecule has 0 saturated heterocycles. The Morgan fingerprint density at radius 1 is 1.20 bits per heavy atom. The van der Waals surface area contributed by atoms with Crippen LogP contribution in [0.5, 0.6) is 0 Å². The van der Waals surface area contributed by atoms with E-state index >= 15 is 0 Å². The molecule has 1 amide bonds. The van der Waals surface area contributed by atoms with Crippen LogP contribution in [0.15, 0.2) is 47.3 Å². The maximum absolute atomic E-state index is 12.8. The first-order valence-corrected chi connectivity index (χ1v) is 7.47. The normalized spacial score (nSPS) is 11.7. The van der Waals surface area contributed by atoms with Crippen molar-refractivity contribution in [1.29, 1.82) is 0 Å². The van der Waals surface area contributed by atoms with Crippen molar-refractivity contribution in [2.75, 3.05) is 5.32 Å². The van der Waals surface area contributed by atoms with Crippen LogP contribution in [0, 0.1) is 0 Å². The van der Waals surface area contributed by atoms with Crippen LogP contribution in [0.1, 0.15) is 5.56 Å². The van der Waals surface area contributed by atoms with Gasteiger partial charge in [-0.05, 0) is 30.3 Å². The highest BCUT2D eigenvalue weighted by molar-refractivity contribution is 6.33. The van der Waals surface area contributed by atoms with Crippen molar-refractivity contribution in [3.05, 3.63) is 63.5 Å². The first-order chi connectivity index (χ1) is 11.8. The number of halogens is 4. The van der Waals surface area contributed by atoms with Gasteiger partial charge in [-0.3, -0.25) is 9.36 Å². The summed E-state index contributed by atoms with van der Waals surface area (Å²) in [6.45, 7) is -0.366. The third kappa shape index (κ3) is 3.53. The Labute approximate surface area is 144 Å². The second-order valence-electron chi connectivity index (χ2n) is 5.27. The van der Waals surface area contributed by atoms with Gasteiger partial charge in [0.1, 0.15) is 6.54 Å². The predicted molar refractivity (Wildman–Crippen MR) is 87.6 cm³/mol. The Balaban J connectivity index is 1.86. The van der Waals surface area contributed by atoms with Crippen LogP contribution in [0.3, 0.4) is 0 Å². The molecule has 0 unspecified atom stereocenters. The molecular weight excluding hydrogens is 359 g/mol. The van der Waals surface area contributed by atoms with E-state index in [0.29, 0.717) is 11.0 Å². The SMILES string of the molecule is O=C(Cn1c(=O)[nH]c2ccccc21)Nc1cc(C(F)(F)F)ccc1Cl. The van der Waals surface area contributed by atoms with Crippen molar-refractivity contribution in [3.63, 3.8) is 0 Å². The molecule has 9 heteroatoms. The van der Waals surface area contributed by atoms with Crippen LogP contribution in [0.25, 0.3) is 11.0 Å². The Morgan fingerprint density at radius 2 is 1.92 bits per heavy atom. The fourth-order valence-electron chi connectivity index (χ4n) is 2.39. The van der Waals surface area contributed by atoms with Crippen molar-refractivity contribution in [2.24, 2.45) is 0 Å². The van der Waals surface area contributed by atoms with E-state index in [0.717, 1.165) is 18.2 Å². The number of aromatic nitrogens is 2. The first-order valence-electron chi connectivity index (χ1n) is 7.10. The molecule has 2 aromatic carbocycles. The van der Waals surface area contributed by atoms with Crippen LogP contribution in [-0.2, 0) is 17.5 Å². The molecule has 0 aliphatic heterocycles. The molecule has 1 heterocycles. The number of hydrogen-bond acceptors (Lipinski definition) is 2. The molecule has 25 heavy (non-hydrogen) atoms. The summed E-state index contributed by atoms with van der Waals surface area (Å²) in [4.78, 5) is 26.7. The number of para-hydroxylation sites is 2. The van der Waals surface area contributed by atoms with Gasteiger partial charge in [-0.15, -0.1) is 0 Å². The molecule has 3 rings (SSSR count). The molecule has 0 aliphatic rings. The summed E-state index contributed by atoms with van der Waals surface area (Å²) in [6, 6.07) is 9.38. The van der Waals surface area contributed by atoms with Gasteiger partial charge in [-0.2, -0.15) is 13.2 Å². The number of hydrogen-bond donors (Lipinski definition) is 2. The molecule has 130 valence electrons. The number of amides is 1. The number of carbonyl (C=O) groups is 1. The van der Waals surface area contributed by atoms with Crippen LogP contribution in [0.4, 0.5) is 18.9 Å². The van der Waals surface area contributed by atoms with Crippen LogP contribution in [-0.4, -0.2) is 15.5 Å². The molecule has 0 bridgehead atoms. The first kappa shape index (κ1) is 17.1. The number of fused-ring (bicyclic) bond motifs is 1. The number of anilines is 1. The van der Waals surface area contributed by atoms with Gasteiger partial charge < -0.3 is 10.3 Å². The van der Waals surface area contributed by atoms with Crippen molar-refractivity contribution in [3.8, 4) is 0 Å². The Hall–Kier alpha value is -2.74. The summed E-state index contributed by atoms with van der Waals surface area (Å²) in [6.07, 6.45) is -4.56. The van der Waals surface area contributed by atoms with Gasteiger partial charge in [0.25, 0.3) is 0 Å².